The molecule has 206 valence electrons. The second-order valence-corrected chi connectivity index (χ2v) is 9.97. The van der Waals surface area contributed by atoms with Gasteiger partial charge in [0.05, 0.1) is 12.5 Å². The van der Waals surface area contributed by atoms with Crippen LogP contribution in [0.25, 0.3) is 0 Å². The maximum absolute atomic E-state index is 14.5. The number of hydrogen-bond acceptors (Lipinski definition) is 5. The second-order valence-electron chi connectivity index (χ2n) is 9.56. The van der Waals surface area contributed by atoms with Crippen molar-refractivity contribution in [2.45, 2.75) is 58.0 Å². The topological polar surface area (TPSA) is 107 Å². The molecule has 0 radical (unpaired) electrons. The van der Waals surface area contributed by atoms with Gasteiger partial charge >= 0.3 is 5.97 Å². The molecule has 0 unspecified atom stereocenters. The molecule has 0 aliphatic carbocycles. The molecule has 0 bridgehead atoms. The van der Waals surface area contributed by atoms with Crippen LogP contribution in [0, 0.1) is 12.7 Å². The Bertz CT molecular complexity index is 1420. The lowest BCUT2D eigenvalue weighted by Crippen LogP contribution is -2.40. The molecule has 0 spiro atoms. The van der Waals surface area contributed by atoms with E-state index in [1.165, 1.54) is 16.7 Å². The standard InChI is InChI=1S/C29H30ClFN2O6/c1-3-4-8-24(28(36)32-23(14-27(34)35)18-9-10-25-26(13-18)39-16-38-25)33-15-17(2)11-19(29(33)37)12-20-21(30)6-5-7-22(20)31/h5-7,9-11,13,15,23-24H,3-4,8,12,14,16H2,1-2H3,(H,32,36)(H,34,35)/t23-,24-/m0/s1. The number of fused-ring (bicyclic) bond motifs is 1. The van der Waals surface area contributed by atoms with Crippen molar-refractivity contribution in [3.05, 3.63) is 92.1 Å². The zero-order valence-electron chi connectivity index (χ0n) is 21.7. The van der Waals surface area contributed by atoms with Gasteiger partial charge in [-0.25, -0.2) is 4.39 Å². The van der Waals surface area contributed by atoms with Crippen molar-refractivity contribution in [2.24, 2.45) is 0 Å². The number of carbonyl (C=O) groups is 2. The molecule has 0 fully saturated rings. The maximum Gasteiger partial charge on any atom is 0.305 e. The third kappa shape index (κ3) is 6.60. The Morgan fingerprint density at radius 2 is 1.95 bits per heavy atom. The summed E-state index contributed by atoms with van der Waals surface area (Å²) in [6, 6.07) is 9.21. The van der Waals surface area contributed by atoms with Crippen LogP contribution in [0.15, 0.2) is 53.5 Å². The first kappa shape index (κ1) is 28.2. The lowest BCUT2D eigenvalue weighted by atomic mass is 10.0. The Labute approximate surface area is 230 Å². The Kier molecular flexibility index (Phi) is 8.91. The number of halogens is 2. The molecule has 1 aliphatic heterocycles. The predicted octanol–water partition coefficient (Wildman–Crippen LogP) is 5.33. The zero-order valence-corrected chi connectivity index (χ0v) is 22.5. The number of ether oxygens (including phenoxy) is 2. The van der Waals surface area contributed by atoms with E-state index in [0.717, 1.165) is 6.42 Å². The number of aromatic nitrogens is 1. The quantitative estimate of drug-likeness (QED) is 0.330. The van der Waals surface area contributed by atoms with Gasteiger partial charge in [0.2, 0.25) is 12.7 Å². The molecular formula is C29H30ClFN2O6. The molecule has 0 saturated carbocycles. The number of carbonyl (C=O) groups excluding carboxylic acids is 1. The highest BCUT2D eigenvalue weighted by atomic mass is 35.5. The highest BCUT2D eigenvalue weighted by Crippen LogP contribution is 2.35. The minimum atomic E-state index is -1.10. The van der Waals surface area contributed by atoms with Crippen molar-refractivity contribution in [2.75, 3.05) is 6.79 Å². The molecule has 1 amide bonds. The van der Waals surface area contributed by atoms with Crippen LogP contribution in [0.2, 0.25) is 5.02 Å². The molecule has 10 heteroatoms. The molecule has 4 rings (SSSR count). The van der Waals surface area contributed by atoms with Crippen molar-refractivity contribution in [3.8, 4) is 11.5 Å². The first-order valence-electron chi connectivity index (χ1n) is 12.7. The van der Waals surface area contributed by atoms with Gasteiger partial charge in [0.1, 0.15) is 11.9 Å². The lowest BCUT2D eigenvalue weighted by Gasteiger charge is -2.25. The van der Waals surface area contributed by atoms with Gasteiger partial charge in [0.15, 0.2) is 11.5 Å². The predicted molar refractivity (Wildman–Crippen MR) is 144 cm³/mol. The first-order valence-corrected chi connectivity index (χ1v) is 13.1. The van der Waals surface area contributed by atoms with E-state index in [1.807, 2.05) is 6.92 Å². The maximum atomic E-state index is 14.5. The van der Waals surface area contributed by atoms with Gasteiger partial charge in [-0.15, -0.1) is 0 Å². The number of rotatable bonds is 11. The Morgan fingerprint density at radius 3 is 2.67 bits per heavy atom. The molecule has 2 heterocycles. The van der Waals surface area contributed by atoms with E-state index in [9.17, 15) is 23.9 Å². The van der Waals surface area contributed by atoms with Gasteiger partial charge in [-0.3, -0.25) is 14.4 Å². The number of nitrogens with one attached hydrogen (secondary N) is 1. The van der Waals surface area contributed by atoms with Crippen LogP contribution in [0.4, 0.5) is 4.39 Å². The Morgan fingerprint density at radius 1 is 1.18 bits per heavy atom. The monoisotopic (exact) mass is 556 g/mol. The van der Waals surface area contributed by atoms with Crippen LogP contribution in [0.3, 0.4) is 0 Å². The first-order chi connectivity index (χ1) is 18.7. The van der Waals surface area contributed by atoms with Crippen LogP contribution in [-0.2, 0) is 16.0 Å². The molecule has 3 aromatic rings. The van der Waals surface area contributed by atoms with Crippen molar-refractivity contribution in [1.29, 1.82) is 0 Å². The fourth-order valence-electron chi connectivity index (χ4n) is 4.69. The van der Waals surface area contributed by atoms with Crippen molar-refractivity contribution >= 4 is 23.5 Å². The van der Waals surface area contributed by atoms with Gasteiger partial charge in [0.25, 0.3) is 5.56 Å². The normalized spacial score (nSPS) is 13.6. The molecule has 1 aliphatic rings. The number of unbranched alkanes of at least 4 members (excludes halogenated alkanes) is 1. The summed E-state index contributed by atoms with van der Waals surface area (Å²) in [4.78, 5) is 39.0. The minimum absolute atomic E-state index is 0.0347. The summed E-state index contributed by atoms with van der Waals surface area (Å²) in [5, 5.41) is 12.6. The van der Waals surface area contributed by atoms with Gasteiger partial charge in [-0.1, -0.05) is 43.5 Å². The van der Waals surface area contributed by atoms with Crippen LogP contribution in [0.1, 0.15) is 66.9 Å². The van der Waals surface area contributed by atoms with Crippen LogP contribution in [0.5, 0.6) is 11.5 Å². The number of amides is 1. The largest absolute Gasteiger partial charge is 0.481 e. The highest BCUT2D eigenvalue weighted by Gasteiger charge is 2.28. The van der Waals surface area contributed by atoms with Gasteiger partial charge < -0.3 is 24.5 Å². The molecule has 1 aromatic heterocycles. The lowest BCUT2D eigenvalue weighted by molar-refractivity contribution is -0.138. The summed E-state index contributed by atoms with van der Waals surface area (Å²) in [6.07, 6.45) is 2.98. The minimum Gasteiger partial charge on any atom is -0.481 e. The van der Waals surface area contributed by atoms with E-state index in [0.29, 0.717) is 41.0 Å². The van der Waals surface area contributed by atoms with Crippen LogP contribution in [-0.4, -0.2) is 28.3 Å². The average Bonchev–Trinajstić information content (AvgIpc) is 3.36. The number of benzene rings is 2. The summed E-state index contributed by atoms with van der Waals surface area (Å²) >= 11 is 6.21. The number of carboxylic acid groups (broad SMARTS) is 1. The molecular weight excluding hydrogens is 527 g/mol. The second kappa shape index (κ2) is 12.3. The van der Waals surface area contributed by atoms with Gasteiger partial charge in [-0.2, -0.15) is 0 Å². The number of pyridine rings is 1. The Hall–Kier alpha value is -3.85. The molecule has 39 heavy (non-hydrogen) atoms. The fraction of sp³-hybridized carbons (Fsp3) is 0.345. The van der Waals surface area contributed by atoms with E-state index in [-0.39, 0.29) is 30.2 Å². The van der Waals surface area contributed by atoms with E-state index in [2.05, 4.69) is 5.32 Å². The number of carboxylic acids is 1. The summed E-state index contributed by atoms with van der Waals surface area (Å²) in [5.74, 6) is -1.11. The molecule has 2 aromatic carbocycles. The SMILES string of the molecule is CCCC[C@@H](C(=O)N[C@@H](CC(=O)O)c1ccc2c(c1)OCO2)n1cc(C)cc(Cc2c(F)cccc2Cl)c1=O. The number of aryl methyl sites for hydroxylation is 1. The van der Waals surface area contributed by atoms with E-state index in [1.54, 1.807) is 43.5 Å². The molecule has 2 N–H and O–H groups in total. The number of nitrogens with zero attached hydrogens (tertiary/aromatic N) is 1. The van der Waals surface area contributed by atoms with E-state index >= 15 is 0 Å². The number of hydrogen-bond donors (Lipinski definition) is 2. The number of aliphatic carboxylic acids is 1. The van der Waals surface area contributed by atoms with Crippen molar-refractivity contribution in [3.63, 3.8) is 0 Å². The highest BCUT2D eigenvalue weighted by molar-refractivity contribution is 6.31. The molecule has 8 nitrogen and oxygen atoms in total. The summed E-state index contributed by atoms with van der Waals surface area (Å²) in [5.41, 5.74) is 1.32. The summed E-state index contributed by atoms with van der Waals surface area (Å²) in [6.45, 7) is 3.82. The van der Waals surface area contributed by atoms with E-state index in [4.69, 9.17) is 21.1 Å². The third-order valence-corrected chi connectivity index (χ3v) is 7.00. The van der Waals surface area contributed by atoms with Crippen molar-refractivity contribution < 1.29 is 28.6 Å². The molecule has 0 saturated heterocycles. The smallest absolute Gasteiger partial charge is 0.305 e. The molecule has 2 atom stereocenters. The van der Waals surface area contributed by atoms with Gasteiger partial charge in [-0.05, 0) is 54.8 Å². The fourth-order valence-corrected chi connectivity index (χ4v) is 4.92. The van der Waals surface area contributed by atoms with E-state index < -0.39 is 35.3 Å². The summed E-state index contributed by atoms with van der Waals surface area (Å²) in [7, 11) is 0. The average molecular weight is 557 g/mol. The summed E-state index contributed by atoms with van der Waals surface area (Å²) < 4.78 is 26.6. The van der Waals surface area contributed by atoms with Crippen LogP contribution >= 0.6 is 11.6 Å². The zero-order chi connectivity index (χ0) is 28.1. The van der Waals surface area contributed by atoms with Crippen LogP contribution < -0.4 is 20.3 Å². The Balaban J connectivity index is 1.68. The van der Waals surface area contributed by atoms with Crippen molar-refractivity contribution in [1.82, 2.24) is 9.88 Å². The third-order valence-electron chi connectivity index (χ3n) is 6.65. The van der Waals surface area contributed by atoms with Gasteiger partial charge in [0, 0.05) is 28.8 Å².